The molecular formula is H3BGdO3Te. The first-order valence-corrected chi connectivity index (χ1v) is 1.98. The van der Waals surface area contributed by atoms with Crippen molar-refractivity contribution in [1.29, 1.82) is 0 Å². The van der Waals surface area contributed by atoms with Gasteiger partial charge in [-0.15, -0.1) is 0 Å². The third kappa shape index (κ3) is 9.41. The van der Waals surface area contributed by atoms with E-state index in [1.54, 1.807) is 0 Å². The van der Waals surface area contributed by atoms with Crippen LogP contribution in [-0.4, -0.2) is 40.1 Å². The van der Waals surface area contributed by atoms with Crippen molar-refractivity contribution >= 4 is 30.0 Å². The van der Waals surface area contributed by atoms with E-state index in [1.807, 2.05) is 0 Å². The van der Waals surface area contributed by atoms with E-state index >= 15 is 0 Å². The molecule has 38 valence electrons. The van der Waals surface area contributed by atoms with Crippen LogP contribution in [0.2, 0.25) is 0 Å². The Hall–Kier alpha value is 2.06. The van der Waals surface area contributed by atoms with Gasteiger partial charge in [0.15, 0.2) is 0 Å². The molecule has 0 fully saturated rings. The van der Waals surface area contributed by atoms with Gasteiger partial charge in [0.25, 0.3) is 0 Å². The normalized spacial score (nSPS) is 6.50. The smallest absolute Gasteiger partial charge is 0 e. The maximum atomic E-state index is 7.71. The van der Waals surface area contributed by atoms with Crippen LogP contribution >= 0.6 is 0 Å². The van der Waals surface area contributed by atoms with Crippen molar-refractivity contribution in [3.63, 3.8) is 0 Å². The average Bonchev–Trinajstić information content (AvgIpc) is 1.38. The standard InChI is InChI=1S/BH3O3Te.Gd/c2-1(3)4-5;/h2-3,5H;. The van der Waals surface area contributed by atoms with E-state index in [9.17, 15) is 0 Å². The van der Waals surface area contributed by atoms with Crippen molar-refractivity contribution in [2.75, 3.05) is 0 Å². The summed E-state index contributed by atoms with van der Waals surface area (Å²) in [5.41, 5.74) is 0. The molecule has 0 spiro atoms. The summed E-state index contributed by atoms with van der Waals surface area (Å²) in [7, 11) is -1.59. The predicted octanol–water partition coefficient (Wildman–Crippen LogP) is -2.21. The Morgan fingerprint density at radius 2 is 1.67 bits per heavy atom. The van der Waals surface area contributed by atoms with E-state index in [2.05, 4.69) is 3.02 Å². The summed E-state index contributed by atoms with van der Waals surface area (Å²) in [6.07, 6.45) is 0. The fourth-order valence-corrected chi connectivity index (χ4v) is 0. The summed E-state index contributed by atoms with van der Waals surface area (Å²) < 4.78 is 3.91. The van der Waals surface area contributed by atoms with E-state index in [0.29, 0.717) is 0 Å². The minimum absolute atomic E-state index is 0. The first-order chi connectivity index (χ1) is 2.27. The third-order valence-electron chi connectivity index (χ3n) is 0.0943. The zero-order valence-electron chi connectivity index (χ0n) is 2.68. The molecule has 0 radical (unpaired) electrons. The van der Waals surface area contributed by atoms with Gasteiger partial charge in [0.1, 0.15) is 0 Å². The van der Waals surface area contributed by atoms with Gasteiger partial charge in [-0.25, -0.2) is 0 Å². The summed E-state index contributed by atoms with van der Waals surface area (Å²) in [4.78, 5) is 0. The summed E-state index contributed by atoms with van der Waals surface area (Å²) in [6, 6.07) is 0. The van der Waals surface area contributed by atoms with Crippen molar-refractivity contribution < 1.29 is 53.0 Å². The van der Waals surface area contributed by atoms with Gasteiger partial charge in [0.2, 0.25) is 0 Å². The molecule has 0 aromatic carbocycles. The molecule has 0 heterocycles. The Bertz CT molecular complexity index is 24.8. The molecule has 0 aromatic heterocycles. The average molecular weight is 347 g/mol. The monoisotopic (exact) mass is 350 g/mol. The first-order valence-electron chi connectivity index (χ1n) is 0.935. The summed E-state index contributed by atoms with van der Waals surface area (Å²) in [5.74, 6) is 0. The molecule has 0 aromatic rings. The molecule has 0 bridgehead atoms. The van der Waals surface area contributed by atoms with Crippen LogP contribution in [0.5, 0.6) is 0 Å². The topological polar surface area (TPSA) is 49.7 Å². The molecule has 0 saturated carbocycles. The van der Waals surface area contributed by atoms with Crippen molar-refractivity contribution in [2.24, 2.45) is 0 Å². The quantitative estimate of drug-likeness (QED) is 0.529. The molecule has 0 saturated heterocycles. The van der Waals surface area contributed by atoms with Gasteiger partial charge in [0, 0.05) is 39.9 Å². The fraction of sp³-hybridized carbons (Fsp3) is 0. The minimum atomic E-state index is -1.59. The van der Waals surface area contributed by atoms with E-state index in [0.717, 1.165) is 22.7 Å². The molecule has 0 atom stereocenters. The predicted molar refractivity (Wildman–Crippen MR) is 18.4 cm³/mol. The summed E-state index contributed by atoms with van der Waals surface area (Å²) in [6.45, 7) is 0. The largest absolute Gasteiger partial charge is 0 e. The molecular weight excluding hydrogens is 344 g/mol. The van der Waals surface area contributed by atoms with Crippen LogP contribution in [-0.2, 0) is 3.02 Å². The maximum absolute atomic E-state index is 7.71. The third-order valence-corrected chi connectivity index (χ3v) is 0.632. The Labute approximate surface area is 81.8 Å². The second-order valence-corrected chi connectivity index (χ2v) is 1.03. The van der Waals surface area contributed by atoms with E-state index in [4.69, 9.17) is 10.0 Å². The van der Waals surface area contributed by atoms with Gasteiger partial charge >= 0.3 is 43.1 Å². The number of hydrogen-bond acceptors (Lipinski definition) is 3. The van der Waals surface area contributed by atoms with Crippen LogP contribution < -0.4 is 0 Å². The Morgan fingerprint density at radius 1 is 1.50 bits per heavy atom. The molecule has 6 heteroatoms. The van der Waals surface area contributed by atoms with Crippen molar-refractivity contribution in [3.8, 4) is 0 Å². The SMILES string of the molecule is OB(O)O[TeH].[Gd]. The van der Waals surface area contributed by atoms with Crippen LogP contribution in [0.4, 0.5) is 0 Å². The van der Waals surface area contributed by atoms with Gasteiger partial charge < -0.3 is 0 Å². The van der Waals surface area contributed by atoms with Gasteiger partial charge in [-0.05, 0) is 0 Å². The second-order valence-electron chi connectivity index (χ2n) is 0.432. The maximum Gasteiger partial charge on any atom is 0 e. The van der Waals surface area contributed by atoms with Gasteiger partial charge in [0.05, 0.1) is 0 Å². The van der Waals surface area contributed by atoms with Gasteiger partial charge in [-0.2, -0.15) is 0 Å². The minimum Gasteiger partial charge on any atom is 0 e. The molecule has 0 unspecified atom stereocenters. The van der Waals surface area contributed by atoms with E-state index < -0.39 is 7.32 Å². The zero-order chi connectivity index (χ0) is 4.28. The summed E-state index contributed by atoms with van der Waals surface area (Å²) >= 11 is 0.902. The molecule has 0 aliphatic heterocycles. The molecule has 0 rings (SSSR count). The Balaban J connectivity index is 0. The van der Waals surface area contributed by atoms with E-state index in [-0.39, 0.29) is 39.9 Å². The number of hydrogen-bond donors (Lipinski definition) is 2. The van der Waals surface area contributed by atoms with Gasteiger partial charge in [-0.1, -0.05) is 0 Å². The van der Waals surface area contributed by atoms with Crippen molar-refractivity contribution in [2.45, 2.75) is 0 Å². The van der Waals surface area contributed by atoms with Crippen LogP contribution in [0.3, 0.4) is 0 Å². The zero-order valence-corrected chi connectivity index (χ0v) is 7.50. The van der Waals surface area contributed by atoms with Crippen LogP contribution in [0.1, 0.15) is 0 Å². The molecule has 0 aliphatic carbocycles. The van der Waals surface area contributed by atoms with Crippen LogP contribution in [0.25, 0.3) is 0 Å². The second kappa shape index (κ2) is 7.06. The van der Waals surface area contributed by atoms with Crippen LogP contribution in [0, 0.1) is 39.9 Å². The molecule has 3 nitrogen and oxygen atoms in total. The molecule has 2 N–H and O–H groups in total. The molecule has 0 amide bonds. The molecule has 0 aliphatic rings. The molecule has 6 heavy (non-hydrogen) atoms. The van der Waals surface area contributed by atoms with Gasteiger partial charge in [-0.3, -0.25) is 0 Å². The number of rotatable bonds is 1. The fourth-order valence-electron chi connectivity index (χ4n) is 0. The van der Waals surface area contributed by atoms with E-state index in [1.165, 1.54) is 0 Å². The Kier molecular flexibility index (Phi) is 12.9. The van der Waals surface area contributed by atoms with Crippen LogP contribution in [0.15, 0.2) is 0 Å². The Morgan fingerprint density at radius 3 is 1.67 bits per heavy atom. The first kappa shape index (κ1) is 10.9. The van der Waals surface area contributed by atoms with Crippen molar-refractivity contribution in [1.82, 2.24) is 0 Å². The summed E-state index contributed by atoms with van der Waals surface area (Å²) in [5, 5.41) is 15.4. The van der Waals surface area contributed by atoms with Crippen molar-refractivity contribution in [3.05, 3.63) is 0 Å².